The summed E-state index contributed by atoms with van der Waals surface area (Å²) in [5.41, 5.74) is 4.18. The molecule has 2 aromatic carbocycles. The van der Waals surface area contributed by atoms with Gasteiger partial charge in [0.05, 0.1) is 5.69 Å². The smallest absolute Gasteiger partial charge is 0.336 e. The fourth-order valence-corrected chi connectivity index (χ4v) is 4.35. The maximum atomic E-state index is 12.0. The van der Waals surface area contributed by atoms with Gasteiger partial charge in [0.25, 0.3) is 0 Å². The molecule has 5 nitrogen and oxygen atoms in total. The zero-order valence-electron chi connectivity index (χ0n) is 15.5. The van der Waals surface area contributed by atoms with Crippen LogP contribution in [0.25, 0.3) is 16.7 Å². The highest BCUT2D eigenvalue weighted by Gasteiger charge is 2.13. The van der Waals surface area contributed by atoms with Gasteiger partial charge in [-0.05, 0) is 48.2 Å². The van der Waals surface area contributed by atoms with Crippen LogP contribution in [0.1, 0.15) is 23.6 Å². The van der Waals surface area contributed by atoms with E-state index in [1.807, 2.05) is 54.8 Å². The maximum absolute atomic E-state index is 12.0. The second-order valence-electron chi connectivity index (χ2n) is 6.44. The molecule has 0 bridgehead atoms. The number of hydrogen-bond acceptors (Lipinski definition) is 5. The molecule has 0 spiro atoms. The number of para-hydroxylation sites is 1. The Balaban J connectivity index is 1.69. The number of benzene rings is 2. The zero-order chi connectivity index (χ0) is 19.7. The Morgan fingerprint density at radius 1 is 1.18 bits per heavy atom. The average Bonchev–Trinajstić information content (AvgIpc) is 3.14. The first kappa shape index (κ1) is 18.8. The van der Waals surface area contributed by atoms with E-state index >= 15 is 0 Å². The van der Waals surface area contributed by atoms with Gasteiger partial charge in [-0.25, -0.2) is 4.79 Å². The SMILES string of the molecule is CCc1cc2oc(=O)cc(CSc3nncn3-c3ccccc3C)c2cc1Cl. The summed E-state index contributed by atoms with van der Waals surface area (Å²) in [5.74, 6) is 0.550. The molecule has 0 unspecified atom stereocenters. The molecule has 7 heteroatoms. The van der Waals surface area contributed by atoms with Crippen LogP contribution < -0.4 is 5.63 Å². The highest BCUT2D eigenvalue weighted by Crippen LogP contribution is 2.30. The molecule has 0 amide bonds. The van der Waals surface area contributed by atoms with E-state index in [0.717, 1.165) is 39.3 Å². The summed E-state index contributed by atoms with van der Waals surface area (Å²) in [6.07, 6.45) is 2.48. The molecule has 28 heavy (non-hydrogen) atoms. The Morgan fingerprint density at radius 2 is 2.00 bits per heavy atom. The molecular weight excluding hydrogens is 394 g/mol. The van der Waals surface area contributed by atoms with E-state index in [1.165, 1.54) is 17.8 Å². The van der Waals surface area contributed by atoms with Crippen molar-refractivity contribution in [2.45, 2.75) is 31.2 Å². The van der Waals surface area contributed by atoms with Crippen molar-refractivity contribution in [2.24, 2.45) is 0 Å². The fraction of sp³-hybridized carbons (Fsp3) is 0.190. The third kappa shape index (κ3) is 3.57. The normalized spacial score (nSPS) is 11.2. The fourth-order valence-electron chi connectivity index (χ4n) is 3.14. The summed E-state index contributed by atoms with van der Waals surface area (Å²) >= 11 is 7.90. The lowest BCUT2D eigenvalue weighted by Gasteiger charge is -2.10. The van der Waals surface area contributed by atoms with Gasteiger partial charge < -0.3 is 4.42 Å². The Labute approximate surface area is 171 Å². The molecule has 4 rings (SSSR count). The molecule has 0 fully saturated rings. The highest BCUT2D eigenvalue weighted by molar-refractivity contribution is 7.98. The van der Waals surface area contributed by atoms with Crippen LogP contribution in [0, 0.1) is 6.92 Å². The summed E-state index contributed by atoms with van der Waals surface area (Å²) in [7, 11) is 0. The van der Waals surface area contributed by atoms with Crippen molar-refractivity contribution in [1.29, 1.82) is 0 Å². The Bertz CT molecular complexity index is 1220. The molecule has 0 radical (unpaired) electrons. The van der Waals surface area contributed by atoms with Crippen molar-refractivity contribution in [2.75, 3.05) is 0 Å². The van der Waals surface area contributed by atoms with Gasteiger partial charge in [-0.3, -0.25) is 4.57 Å². The number of hydrogen-bond donors (Lipinski definition) is 0. The molecule has 0 atom stereocenters. The summed E-state index contributed by atoms with van der Waals surface area (Å²) in [5, 5.41) is 10.6. The van der Waals surface area contributed by atoms with E-state index in [-0.39, 0.29) is 5.63 Å². The topological polar surface area (TPSA) is 60.9 Å². The van der Waals surface area contributed by atoms with Crippen molar-refractivity contribution in [3.8, 4) is 5.69 Å². The molecule has 0 saturated heterocycles. The second-order valence-corrected chi connectivity index (χ2v) is 7.79. The molecule has 2 aromatic heterocycles. The first-order chi connectivity index (χ1) is 13.6. The van der Waals surface area contributed by atoms with Gasteiger partial charge in [-0.2, -0.15) is 0 Å². The van der Waals surface area contributed by atoms with Gasteiger partial charge in [0.2, 0.25) is 0 Å². The summed E-state index contributed by atoms with van der Waals surface area (Å²) < 4.78 is 7.34. The standard InChI is InChI=1S/C21H18ClN3O2S/c1-3-14-8-19-16(10-17(14)22)15(9-20(26)27-19)11-28-21-24-23-12-25(21)18-7-5-4-6-13(18)2/h4-10,12H,3,11H2,1-2H3. The molecule has 0 saturated carbocycles. The number of aryl methyl sites for hydroxylation is 2. The lowest BCUT2D eigenvalue weighted by Crippen LogP contribution is -2.02. The average molecular weight is 412 g/mol. The minimum atomic E-state index is -0.368. The van der Waals surface area contributed by atoms with Gasteiger partial charge in [0.1, 0.15) is 11.9 Å². The van der Waals surface area contributed by atoms with Crippen molar-refractivity contribution in [1.82, 2.24) is 14.8 Å². The van der Waals surface area contributed by atoms with Gasteiger partial charge in [0.15, 0.2) is 5.16 Å². The number of nitrogens with zero attached hydrogens (tertiary/aromatic N) is 3. The monoisotopic (exact) mass is 411 g/mol. The number of rotatable bonds is 5. The first-order valence-corrected chi connectivity index (χ1v) is 10.3. The minimum Gasteiger partial charge on any atom is -0.423 e. The van der Waals surface area contributed by atoms with Crippen LogP contribution in [0.5, 0.6) is 0 Å². The Morgan fingerprint density at radius 3 is 2.79 bits per heavy atom. The number of fused-ring (bicyclic) bond motifs is 1. The third-order valence-electron chi connectivity index (χ3n) is 4.63. The molecule has 0 aliphatic heterocycles. The van der Waals surface area contributed by atoms with Crippen LogP contribution in [-0.2, 0) is 12.2 Å². The minimum absolute atomic E-state index is 0.368. The van der Waals surface area contributed by atoms with Crippen LogP contribution in [0.4, 0.5) is 0 Å². The molecule has 0 aliphatic rings. The van der Waals surface area contributed by atoms with E-state index in [0.29, 0.717) is 16.4 Å². The van der Waals surface area contributed by atoms with Gasteiger partial charge >= 0.3 is 5.63 Å². The van der Waals surface area contributed by atoms with E-state index in [1.54, 1.807) is 6.33 Å². The predicted octanol–water partition coefficient (Wildman–Crippen LogP) is 5.19. The quantitative estimate of drug-likeness (QED) is 0.334. The summed E-state index contributed by atoms with van der Waals surface area (Å²) in [4.78, 5) is 12.0. The van der Waals surface area contributed by atoms with E-state index in [2.05, 4.69) is 10.2 Å². The number of thioether (sulfide) groups is 1. The van der Waals surface area contributed by atoms with E-state index < -0.39 is 0 Å². The number of halogens is 1. The zero-order valence-corrected chi connectivity index (χ0v) is 17.0. The van der Waals surface area contributed by atoms with E-state index in [4.69, 9.17) is 16.0 Å². The summed E-state index contributed by atoms with van der Waals surface area (Å²) in [6.45, 7) is 4.07. The van der Waals surface area contributed by atoms with Gasteiger partial charge in [-0.1, -0.05) is 48.5 Å². The van der Waals surface area contributed by atoms with Crippen molar-refractivity contribution in [3.63, 3.8) is 0 Å². The van der Waals surface area contributed by atoms with Crippen LogP contribution in [0.3, 0.4) is 0 Å². The first-order valence-electron chi connectivity index (χ1n) is 8.90. The predicted molar refractivity (Wildman–Crippen MR) is 113 cm³/mol. The Kier molecular flexibility index (Phi) is 5.24. The van der Waals surface area contributed by atoms with Gasteiger partial charge in [0, 0.05) is 22.2 Å². The van der Waals surface area contributed by atoms with Crippen molar-refractivity contribution in [3.05, 3.63) is 80.9 Å². The van der Waals surface area contributed by atoms with Gasteiger partial charge in [-0.15, -0.1) is 10.2 Å². The van der Waals surface area contributed by atoms with Crippen LogP contribution in [-0.4, -0.2) is 14.8 Å². The largest absolute Gasteiger partial charge is 0.423 e. The molecule has 0 N–H and O–H groups in total. The summed E-state index contributed by atoms with van der Waals surface area (Å²) in [6, 6.07) is 13.3. The van der Waals surface area contributed by atoms with Crippen molar-refractivity contribution >= 4 is 34.3 Å². The van der Waals surface area contributed by atoms with E-state index in [9.17, 15) is 4.79 Å². The van der Waals surface area contributed by atoms with Crippen LogP contribution in [0.15, 0.2) is 63.2 Å². The molecule has 2 heterocycles. The van der Waals surface area contributed by atoms with Crippen molar-refractivity contribution < 1.29 is 4.42 Å². The lowest BCUT2D eigenvalue weighted by atomic mass is 10.1. The van der Waals surface area contributed by atoms with Crippen LogP contribution in [0.2, 0.25) is 5.02 Å². The Hall–Kier alpha value is -2.57. The molecule has 4 aromatic rings. The molecule has 142 valence electrons. The highest BCUT2D eigenvalue weighted by atomic mass is 35.5. The third-order valence-corrected chi connectivity index (χ3v) is 5.97. The maximum Gasteiger partial charge on any atom is 0.336 e. The van der Waals surface area contributed by atoms with Crippen LogP contribution >= 0.6 is 23.4 Å². The second kappa shape index (κ2) is 7.81. The molecule has 0 aliphatic carbocycles. The lowest BCUT2D eigenvalue weighted by molar-refractivity contribution is 0.559. The number of aromatic nitrogens is 3. The molecular formula is C21H18ClN3O2S.